The quantitative estimate of drug-likeness (QED) is 0.717. The van der Waals surface area contributed by atoms with Crippen LogP contribution in [0.1, 0.15) is 6.92 Å². The zero-order valence-electron chi connectivity index (χ0n) is 13.0. The van der Waals surface area contributed by atoms with Crippen LogP contribution in [-0.2, 0) is 14.8 Å². The summed E-state index contributed by atoms with van der Waals surface area (Å²) in [5.74, 6) is 0.540. The van der Waals surface area contributed by atoms with Gasteiger partial charge in [-0.05, 0) is 19.1 Å². The molecule has 0 bridgehead atoms. The Morgan fingerprint density at radius 3 is 2.42 bits per heavy atom. The number of amides is 1. The number of aromatic nitrogens is 2. The van der Waals surface area contributed by atoms with E-state index in [9.17, 15) is 13.2 Å². The Hall–Kier alpha value is -2.40. The summed E-state index contributed by atoms with van der Waals surface area (Å²) in [5, 5.41) is 9.99. The van der Waals surface area contributed by atoms with Gasteiger partial charge in [0, 0.05) is 0 Å². The standard InChI is InChI=1S/C13H16N4O5S2/c1-3-21-9-6-4-5-7-10(9)22-8-11(18)14-12-15-16-13(23-12)17-24(2,19)20/h4-7H,3,8H2,1-2H3,(H,16,17)(H,14,15,18). The molecule has 1 amide bonds. The van der Waals surface area contributed by atoms with Crippen molar-refractivity contribution in [3.05, 3.63) is 24.3 Å². The molecule has 24 heavy (non-hydrogen) atoms. The highest BCUT2D eigenvalue weighted by molar-refractivity contribution is 7.92. The highest BCUT2D eigenvalue weighted by atomic mass is 32.2. The minimum absolute atomic E-state index is 0.0652. The van der Waals surface area contributed by atoms with E-state index in [0.717, 1.165) is 17.6 Å². The van der Waals surface area contributed by atoms with Gasteiger partial charge in [0.05, 0.1) is 12.9 Å². The van der Waals surface area contributed by atoms with Gasteiger partial charge in [0.25, 0.3) is 5.91 Å². The third-order valence-corrected chi connectivity index (χ3v) is 3.90. The normalized spacial score (nSPS) is 10.9. The maximum absolute atomic E-state index is 11.9. The zero-order valence-corrected chi connectivity index (χ0v) is 14.6. The fourth-order valence-electron chi connectivity index (χ4n) is 1.62. The molecule has 0 saturated heterocycles. The summed E-state index contributed by atoms with van der Waals surface area (Å²) >= 11 is 0.896. The van der Waals surface area contributed by atoms with Gasteiger partial charge >= 0.3 is 0 Å². The van der Waals surface area contributed by atoms with E-state index in [-0.39, 0.29) is 16.9 Å². The van der Waals surface area contributed by atoms with Crippen molar-refractivity contribution in [1.82, 2.24) is 10.2 Å². The molecule has 9 nitrogen and oxygen atoms in total. The highest BCUT2D eigenvalue weighted by Crippen LogP contribution is 2.26. The minimum Gasteiger partial charge on any atom is -0.490 e. The summed E-state index contributed by atoms with van der Waals surface area (Å²) < 4.78 is 35.2. The van der Waals surface area contributed by atoms with Crippen LogP contribution >= 0.6 is 11.3 Å². The van der Waals surface area contributed by atoms with Gasteiger partial charge < -0.3 is 9.47 Å². The molecule has 2 aromatic rings. The number of ether oxygens (including phenoxy) is 2. The lowest BCUT2D eigenvalue weighted by Crippen LogP contribution is -2.20. The Morgan fingerprint density at radius 2 is 1.79 bits per heavy atom. The van der Waals surface area contributed by atoms with E-state index >= 15 is 0 Å². The van der Waals surface area contributed by atoms with Crippen molar-refractivity contribution in [3.63, 3.8) is 0 Å². The average Bonchev–Trinajstić information content (AvgIpc) is 2.91. The molecular weight excluding hydrogens is 356 g/mol. The fraction of sp³-hybridized carbons (Fsp3) is 0.308. The fourth-order valence-corrected chi connectivity index (χ4v) is 3.11. The molecule has 0 atom stereocenters. The summed E-state index contributed by atoms with van der Waals surface area (Å²) in [6.45, 7) is 2.08. The summed E-state index contributed by atoms with van der Waals surface area (Å²) in [7, 11) is -3.44. The lowest BCUT2D eigenvalue weighted by atomic mass is 10.3. The van der Waals surface area contributed by atoms with Crippen LogP contribution in [0.2, 0.25) is 0 Å². The molecule has 0 saturated carbocycles. The molecule has 0 aliphatic carbocycles. The smallest absolute Gasteiger partial charge is 0.264 e. The topological polar surface area (TPSA) is 120 Å². The summed E-state index contributed by atoms with van der Waals surface area (Å²) in [6, 6.07) is 7.00. The molecule has 1 aromatic carbocycles. The van der Waals surface area contributed by atoms with E-state index < -0.39 is 15.9 Å². The molecule has 1 heterocycles. The molecule has 11 heteroatoms. The van der Waals surface area contributed by atoms with Gasteiger partial charge in [-0.25, -0.2) is 8.42 Å². The highest BCUT2D eigenvalue weighted by Gasteiger charge is 2.12. The number of carbonyl (C=O) groups excluding carboxylic acids is 1. The van der Waals surface area contributed by atoms with E-state index in [2.05, 4.69) is 20.2 Å². The molecule has 0 aliphatic rings. The number of rotatable bonds is 8. The van der Waals surface area contributed by atoms with Gasteiger partial charge in [0.2, 0.25) is 20.3 Å². The van der Waals surface area contributed by atoms with E-state index in [0.29, 0.717) is 18.1 Å². The maximum Gasteiger partial charge on any atom is 0.264 e. The molecule has 0 aliphatic heterocycles. The van der Waals surface area contributed by atoms with Crippen LogP contribution in [0.15, 0.2) is 24.3 Å². The zero-order chi connectivity index (χ0) is 17.6. The first-order valence-electron chi connectivity index (χ1n) is 6.83. The number of benzene rings is 1. The summed E-state index contributed by atoms with van der Waals surface area (Å²) in [4.78, 5) is 11.9. The summed E-state index contributed by atoms with van der Waals surface area (Å²) in [6.07, 6.45) is 0.996. The van der Waals surface area contributed by atoms with Crippen LogP contribution in [0.4, 0.5) is 10.3 Å². The van der Waals surface area contributed by atoms with Gasteiger partial charge in [-0.3, -0.25) is 14.8 Å². The number of nitrogens with zero attached hydrogens (tertiary/aromatic N) is 2. The van der Waals surface area contributed by atoms with Gasteiger partial charge in [0.15, 0.2) is 18.1 Å². The Balaban J connectivity index is 1.90. The van der Waals surface area contributed by atoms with Crippen molar-refractivity contribution < 1.29 is 22.7 Å². The molecule has 0 unspecified atom stereocenters. The predicted molar refractivity (Wildman–Crippen MR) is 90.1 cm³/mol. The van der Waals surface area contributed by atoms with E-state index in [4.69, 9.17) is 9.47 Å². The number of carbonyl (C=O) groups is 1. The van der Waals surface area contributed by atoms with Crippen LogP contribution in [-0.4, -0.2) is 44.0 Å². The van der Waals surface area contributed by atoms with Crippen molar-refractivity contribution >= 4 is 37.5 Å². The SMILES string of the molecule is CCOc1ccccc1OCC(=O)Nc1nnc(NS(C)(=O)=O)s1. The van der Waals surface area contributed by atoms with E-state index in [1.807, 2.05) is 6.92 Å². The van der Waals surface area contributed by atoms with Crippen LogP contribution in [0.5, 0.6) is 11.5 Å². The Bertz CT molecular complexity index is 806. The van der Waals surface area contributed by atoms with Crippen molar-refractivity contribution in [1.29, 1.82) is 0 Å². The molecule has 0 spiro atoms. The Kier molecular flexibility index (Phi) is 5.93. The number of hydrogen-bond donors (Lipinski definition) is 2. The van der Waals surface area contributed by atoms with E-state index in [1.165, 1.54) is 0 Å². The second-order valence-corrected chi connectivity index (χ2v) is 7.23. The molecule has 2 rings (SSSR count). The first-order chi connectivity index (χ1) is 11.4. The Morgan fingerprint density at radius 1 is 1.17 bits per heavy atom. The number of sulfonamides is 1. The van der Waals surface area contributed by atoms with Crippen molar-refractivity contribution in [2.45, 2.75) is 6.92 Å². The molecule has 2 N–H and O–H groups in total. The van der Waals surface area contributed by atoms with Crippen LogP contribution < -0.4 is 19.5 Å². The first kappa shape index (κ1) is 17.9. The second-order valence-electron chi connectivity index (χ2n) is 4.50. The maximum atomic E-state index is 11.9. The van der Waals surface area contributed by atoms with Gasteiger partial charge in [-0.2, -0.15) is 0 Å². The first-order valence-corrected chi connectivity index (χ1v) is 9.54. The van der Waals surface area contributed by atoms with Crippen molar-refractivity contribution in [3.8, 4) is 11.5 Å². The molecular formula is C13H16N4O5S2. The second kappa shape index (κ2) is 7.93. The lowest BCUT2D eigenvalue weighted by Gasteiger charge is -2.10. The number of para-hydroxylation sites is 2. The third-order valence-electron chi connectivity index (χ3n) is 2.45. The van der Waals surface area contributed by atoms with Gasteiger partial charge in [-0.1, -0.05) is 23.5 Å². The molecule has 0 fully saturated rings. The number of nitrogens with one attached hydrogen (secondary N) is 2. The number of hydrogen-bond acceptors (Lipinski definition) is 8. The minimum atomic E-state index is -3.44. The lowest BCUT2D eigenvalue weighted by molar-refractivity contribution is -0.118. The van der Waals surface area contributed by atoms with Gasteiger partial charge in [0.1, 0.15) is 0 Å². The Labute approximate surface area is 143 Å². The predicted octanol–water partition coefficient (Wildman–Crippen LogP) is 1.33. The van der Waals surface area contributed by atoms with Crippen LogP contribution in [0.25, 0.3) is 0 Å². The molecule has 130 valence electrons. The van der Waals surface area contributed by atoms with Crippen molar-refractivity contribution in [2.75, 3.05) is 29.5 Å². The van der Waals surface area contributed by atoms with Crippen LogP contribution in [0.3, 0.4) is 0 Å². The van der Waals surface area contributed by atoms with Crippen LogP contribution in [0, 0.1) is 0 Å². The molecule has 1 aromatic heterocycles. The van der Waals surface area contributed by atoms with E-state index in [1.54, 1.807) is 24.3 Å². The molecule has 0 radical (unpaired) electrons. The average molecular weight is 372 g/mol. The summed E-state index contributed by atoms with van der Waals surface area (Å²) in [5.41, 5.74) is 0. The number of anilines is 2. The van der Waals surface area contributed by atoms with Crippen molar-refractivity contribution in [2.24, 2.45) is 0 Å². The largest absolute Gasteiger partial charge is 0.490 e. The monoisotopic (exact) mass is 372 g/mol. The van der Waals surface area contributed by atoms with Gasteiger partial charge in [-0.15, -0.1) is 10.2 Å². The third kappa shape index (κ3) is 5.66.